The van der Waals surface area contributed by atoms with Gasteiger partial charge in [0, 0.05) is 13.1 Å². The zero-order valence-electron chi connectivity index (χ0n) is 15.3. The first-order valence-electron chi connectivity index (χ1n) is 10.4. The van der Waals surface area contributed by atoms with E-state index in [1.54, 1.807) is 0 Å². The Morgan fingerprint density at radius 1 is 0.545 bits per heavy atom. The highest BCUT2D eigenvalue weighted by Crippen LogP contribution is 2.14. The number of hydrogen-bond acceptors (Lipinski definition) is 2. The van der Waals surface area contributed by atoms with E-state index in [0.29, 0.717) is 6.17 Å². The molecule has 0 unspecified atom stereocenters. The van der Waals surface area contributed by atoms with Crippen LogP contribution in [0.15, 0.2) is 0 Å². The van der Waals surface area contributed by atoms with Crippen molar-refractivity contribution in [2.75, 3.05) is 13.1 Å². The van der Waals surface area contributed by atoms with Crippen molar-refractivity contribution in [3.8, 4) is 0 Å². The van der Waals surface area contributed by atoms with Crippen LogP contribution in [0.4, 0.5) is 0 Å². The summed E-state index contributed by atoms with van der Waals surface area (Å²) in [5.74, 6) is 0. The van der Waals surface area contributed by atoms with Gasteiger partial charge in [0.1, 0.15) is 0 Å². The van der Waals surface area contributed by atoms with Crippen LogP contribution in [-0.2, 0) is 0 Å². The van der Waals surface area contributed by atoms with Crippen LogP contribution >= 0.6 is 0 Å². The fourth-order valence-corrected chi connectivity index (χ4v) is 3.49. The topological polar surface area (TPSA) is 24.1 Å². The van der Waals surface area contributed by atoms with Gasteiger partial charge in [0.05, 0.1) is 6.17 Å². The van der Waals surface area contributed by atoms with Gasteiger partial charge in [0.2, 0.25) is 0 Å². The largest absolute Gasteiger partial charge is 0.301 e. The van der Waals surface area contributed by atoms with Gasteiger partial charge in [0.15, 0.2) is 0 Å². The smallest absolute Gasteiger partial charge is 0.0572 e. The molecule has 2 N–H and O–H groups in total. The summed E-state index contributed by atoms with van der Waals surface area (Å²) < 4.78 is 0. The molecule has 1 aliphatic heterocycles. The van der Waals surface area contributed by atoms with Crippen molar-refractivity contribution in [3.05, 3.63) is 0 Å². The maximum atomic E-state index is 3.50. The van der Waals surface area contributed by atoms with E-state index in [0.717, 1.165) is 13.1 Å². The van der Waals surface area contributed by atoms with E-state index in [-0.39, 0.29) is 0 Å². The zero-order valence-corrected chi connectivity index (χ0v) is 15.3. The Morgan fingerprint density at radius 2 is 0.909 bits per heavy atom. The lowest BCUT2D eigenvalue weighted by Crippen LogP contribution is -2.30. The van der Waals surface area contributed by atoms with Crippen molar-refractivity contribution in [2.24, 2.45) is 0 Å². The van der Waals surface area contributed by atoms with Crippen LogP contribution in [-0.4, -0.2) is 19.3 Å². The molecule has 0 aromatic carbocycles. The van der Waals surface area contributed by atoms with Gasteiger partial charge in [-0.05, 0) is 6.42 Å². The number of unbranched alkanes of at least 4 members (excludes halogenated alkanes) is 14. The van der Waals surface area contributed by atoms with Crippen LogP contribution in [0, 0.1) is 0 Å². The molecule has 1 fully saturated rings. The molecule has 0 amide bonds. The molecule has 0 aliphatic carbocycles. The molecule has 0 bridgehead atoms. The van der Waals surface area contributed by atoms with Gasteiger partial charge in [-0.3, -0.25) is 0 Å². The molecule has 1 aliphatic rings. The summed E-state index contributed by atoms with van der Waals surface area (Å²) in [6, 6.07) is 0. The molecule has 132 valence electrons. The molecule has 22 heavy (non-hydrogen) atoms. The van der Waals surface area contributed by atoms with Gasteiger partial charge >= 0.3 is 0 Å². The molecule has 0 aromatic heterocycles. The third-order valence-corrected chi connectivity index (χ3v) is 5.00. The molecular weight excluding hydrogens is 268 g/mol. The summed E-state index contributed by atoms with van der Waals surface area (Å²) in [5, 5.41) is 6.99. The van der Waals surface area contributed by atoms with Crippen LogP contribution in [0.25, 0.3) is 0 Å². The quantitative estimate of drug-likeness (QED) is 0.354. The van der Waals surface area contributed by atoms with Crippen LogP contribution in [0.1, 0.15) is 110 Å². The fourth-order valence-electron chi connectivity index (χ4n) is 3.49. The summed E-state index contributed by atoms with van der Waals surface area (Å²) in [7, 11) is 0. The Kier molecular flexibility index (Phi) is 14.3. The summed E-state index contributed by atoms with van der Waals surface area (Å²) in [4.78, 5) is 0. The molecule has 0 radical (unpaired) electrons. The normalized spacial score (nSPS) is 15.7. The maximum Gasteiger partial charge on any atom is 0.0572 e. The van der Waals surface area contributed by atoms with E-state index in [1.165, 1.54) is 103 Å². The van der Waals surface area contributed by atoms with E-state index >= 15 is 0 Å². The first-order valence-corrected chi connectivity index (χ1v) is 10.4. The number of hydrogen-bond donors (Lipinski definition) is 2. The summed E-state index contributed by atoms with van der Waals surface area (Å²) in [5.41, 5.74) is 0. The highest BCUT2D eigenvalue weighted by molar-refractivity contribution is 4.72. The molecule has 0 saturated carbocycles. The van der Waals surface area contributed by atoms with Crippen molar-refractivity contribution in [1.82, 2.24) is 10.6 Å². The highest BCUT2D eigenvalue weighted by Gasteiger charge is 2.11. The summed E-state index contributed by atoms with van der Waals surface area (Å²) in [6.07, 6.45) is 23.7. The molecule has 2 heteroatoms. The van der Waals surface area contributed by atoms with Crippen LogP contribution in [0.5, 0.6) is 0 Å². The van der Waals surface area contributed by atoms with Crippen molar-refractivity contribution in [2.45, 2.75) is 116 Å². The van der Waals surface area contributed by atoms with Crippen LogP contribution < -0.4 is 10.6 Å². The Morgan fingerprint density at radius 3 is 1.32 bits per heavy atom. The second-order valence-corrected chi connectivity index (χ2v) is 7.20. The van der Waals surface area contributed by atoms with Gasteiger partial charge in [-0.25, -0.2) is 0 Å². The minimum absolute atomic E-state index is 0.613. The average molecular weight is 311 g/mol. The van der Waals surface area contributed by atoms with E-state index in [4.69, 9.17) is 0 Å². The SMILES string of the molecule is CCCCCCCCCCCCCCCCCC1NCCN1. The third kappa shape index (κ3) is 12.5. The van der Waals surface area contributed by atoms with E-state index in [9.17, 15) is 0 Å². The second-order valence-electron chi connectivity index (χ2n) is 7.20. The minimum atomic E-state index is 0.613. The zero-order chi connectivity index (χ0) is 15.7. The van der Waals surface area contributed by atoms with Crippen LogP contribution in [0.3, 0.4) is 0 Å². The number of nitrogens with one attached hydrogen (secondary N) is 2. The summed E-state index contributed by atoms with van der Waals surface area (Å²) >= 11 is 0. The molecule has 1 saturated heterocycles. The molecule has 0 spiro atoms. The molecule has 1 heterocycles. The van der Waals surface area contributed by atoms with Gasteiger partial charge in [-0.1, -0.05) is 103 Å². The van der Waals surface area contributed by atoms with Crippen molar-refractivity contribution >= 4 is 0 Å². The predicted octanol–water partition coefficient (Wildman–Crippen LogP) is 5.77. The first kappa shape index (κ1) is 20.0. The van der Waals surface area contributed by atoms with Crippen molar-refractivity contribution < 1.29 is 0 Å². The first-order chi connectivity index (χ1) is 10.9. The fraction of sp³-hybridized carbons (Fsp3) is 1.00. The van der Waals surface area contributed by atoms with E-state index < -0.39 is 0 Å². The van der Waals surface area contributed by atoms with Gasteiger partial charge in [0.25, 0.3) is 0 Å². The minimum Gasteiger partial charge on any atom is -0.301 e. The highest BCUT2D eigenvalue weighted by atomic mass is 15.2. The standard InChI is InChI=1S/C20H42N2/c1-2-3-4-5-6-7-8-9-10-11-12-13-14-15-16-17-20-21-18-19-22-20/h20-22H,2-19H2,1H3. The lowest BCUT2D eigenvalue weighted by atomic mass is 10.0. The van der Waals surface area contributed by atoms with Crippen molar-refractivity contribution in [1.29, 1.82) is 0 Å². The predicted molar refractivity (Wildman–Crippen MR) is 99.3 cm³/mol. The van der Waals surface area contributed by atoms with E-state index in [1.807, 2.05) is 0 Å². The molecule has 0 atom stereocenters. The van der Waals surface area contributed by atoms with Crippen LogP contribution in [0.2, 0.25) is 0 Å². The second kappa shape index (κ2) is 15.8. The average Bonchev–Trinajstić information content (AvgIpc) is 3.04. The molecular formula is C20H42N2. The molecule has 1 rings (SSSR count). The van der Waals surface area contributed by atoms with Gasteiger partial charge < -0.3 is 10.6 Å². The maximum absolute atomic E-state index is 3.50. The number of rotatable bonds is 16. The Balaban J connectivity index is 1.64. The molecule has 2 nitrogen and oxygen atoms in total. The monoisotopic (exact) mass is 310 g/mol. The lowest BCUT2D eigenvalue weighted by molar-refractivity contribution is 0.470. The van der Waals surface area contributed by atoms with Crippen molar-refractivity contribution in [3.63, 3.8) is 0 Å². The van der Waals surface area contributed by atoms with Gasteiger partial charge in [-0.15, -0.1) is 0 Å². The third-order valence-electron chi connectivity index (χ3n) is 5.00. The Hall–Kier alpha value is -0.0800. The Bertz CT molecular complexity index is 212. The van der Waals surface area contributed by atoms with Gasteiger partial charge in [-0.2, -0.15) is 0 Å². The molecule has 0 aromatic rings. The Labute approximate surface area is 140 Å². The summed E-state index contributed by atoms with van der Waals surface area (Å²) in [6.45, 7) is 4.61. The lowest BCUT2D eigenvalue weighted by Gasteiger charge is -2.09. The van der Waals surface area contributed by atoms with E-state index in [2.05, 4.69) is 17.6 Å².